The Morgan fingerprint density at radius 1 is 1.62 bits per heavy atom. The van der Waals surface area contributed by atoms with Gasteiger partial charge in [0, 0.05) is 28.6 Å². The molecule has 1 heterocycles. The minimum Gasteiger partial charge on any atom is -0.264 e. The fraction of sp³-hybridized carbons (Fsp3) is 0.143. The van der Waals surface area contributed by atoms with Crippen LogP contribution in [0.15, 0.2) is 24.5 Å². The Hall–Kier alpha value is -1.12. The van der Waals surface area contributed by atoms with Gasteiger partial charge in [0.1, 0.15) is 0 Å². The molecule has 6 heteroatoms. The van der Waals surface area contributed by atoms with Crippen molar-refractivity contribution in [2.45, 2.75) is 5.25 Å². The van der Waals surface area contributed by atoms with Gasteiger partial charge in [0.15, 0.2) is 5.25 Å². The van der Waals surface area contributed by atoms with E-state index in [1.807, 2.05) is 0 Å². The summed E-state index contributed by atoms with van der Waals surface area (Å²) in [5.74, 6) is 0. The van der Waals surface area contributed by atoms with Gasteiger partial charge in [-0.1, -0.05) is 6.07 Å². The molecule has 0 aliphatic rings. The summed E-state index contributed by atoms with van der Waals surface area (Å²) in [5.41, 5.74) is 0.278. The Kier molecular flexibility index (Phi) is 2.86. The second-order valence-corrected chi connectivity index (χ2v) is 4.98. The summed E-state index contributed by atoms with van der Waals surface area (Å²) in [7, 11) is 1.16. The highest BCUT2D eigenvalue weighted by atomic mass is 35.7. The summed E-state index contributed by atoms with van der Waals surface area (Å²) in [6, 6.07) is 4.63. The van der Waals surface area contributed by atoms with E-state index in [4.69, 9.17) is 15.9 Å². The second kappa shape index (κ2) is 3.73. The van der Waals surface area contributed by atoms with E-state index < -0.39 is 14.3 Å². The Morgan fingerprint density at radius 2 is 2.31 bits per heavy atom. The SMILES string of the molecule is N#CC(c1cccnc1)S(=O)(=O)Cl. The van der Waals surface area contributed by atoms with Gasteiger partial charge in [-0.15, -0.1) is 0 Å². The molecule has 0 aliphatic heterocycles. The number of nitriles is 1. The van der Waals surface area contributed by atoms with E-state index in [1.165, 1.54) is 18.5 Å². The van der Waals surface area contributed by atoms with Gasteiger partial charge in [-0.05, 0) is 6.07 Å². The van der Waals surface area contributed by atoms with Crippen LogP contribution in [0.5, 0.6) is 0 Å². The fourth-order valence-electron chi connectivity index (χ4n) is 0.831. The molecule has 1 aromatic heterocycles. The van der Waals surface area contributed by atoms with E-state index in [9.17, 15) is 8.42 Å². The van der Waals surface area contributed by atoms with E-state index in [2.05, 4.69) is 4.98 Å². The van der Waals surface area contributed by atoms with Crippen molar-refractivity contribution in [1.82, 2.24) is 4.98 Å². The number of aromatic nitrogens is 1. The van der Waals surface area contributed by atoms with Crippen molar-refractivity contribution < 1.29 is 8.42 Å². The first-order valence-electron chi connectivity index (χ1n) is 3.28. The highest BCUT2D eigenvalue weighted by Crippen LogP contribution is 2.23. The molecular formula is C7H5ClN2O2S. The van der Waals surface area contributed by atoms with E-state index in [0.29, 0.717) is 0 Å². The zero-order chi connectivity index (χ0) is 9.90. The van der Waals surface area contributed by atoms with Gasteiger partial charge in [0.2, 0.25) is 0 Å². The lowest BCUT2D eigenvalue weighted by Gasteiger charge is -2.03. The van der Waals surface area contributed by atoms with Crippen molar-refractivity contribution in [2.75, 3.05) is 0 Å². The third-order valence-electron chi connectivity index (χ3n) is 1.39. The molecule has 4 nitrogen and oxygen atoms in total. The number of rotatable bonds is 2. The predicted molar refractivity (Wildman–Crippen MR) is 47.4 cm³/mol. The van der Waals surface area contributed by atoms with Gasteiger partial charge in [0.25, 0.3) is 9.05 Å². The van der Waals surface area contributed by atoms with Crippen LogP contribution >= 0.6 is 10.7 Å². The zero-order valence-electron chi connectivity index (χ0n) is 6.38. The third-order valence-corrected chi connectivity index (χ3v) is 2.86. The summed E-state index contributed by atoms with van der Waals surface area (Å²) in [4.78, 5) is 3.69. The molecule has 1 aromatic rings. The molecule has 1 atom stereocenters. The van der Waals surface area contributed by atoms with Crippen molar-refractivity contribution in [2.24, 2.45) is 0 Å². The van der Waals surface area contributed by atoms with Crippen LogP contribution in [0, 0.1) is 11.3 Å². The van der Waals surface area contributed by atoms with Crippen LogP contribution in [0.4, 0.5) is 0 Å². The van der Waals surface area contributed by atoms with Gasteiger partial charge < -0.3 is 0 Å². The largest absolute Gasteiger partial charge is 0.264 e. The molecule has 0 aromatic carbocycles. The van der Waals surface area contributed by atoms with Crippen molar-refractivity contribution in [3.8, 4) is 6.07 Å². The summed E-state index contributed by atoms with van der Waals surface area (Å²) >= 11 is 0. The monoisotopic (exact) mass is 216 g/mol. The number of halogens is 1. The van der Waals surface area contributed by atoms with Crippen LogP contribution in [0.1, 0.15) is 10.8 Å². The molecule has 0 amide bonds. The highest BCUT2D eigenvalue weighted by molar-refractivity contribution is 8.14. The molecular weight excluding hydrogens is 212 g/mol. The Balaban J connectivity index is 3.16. The van der Waals surface area contributed by atoms with Crippen LogP contribution in [0.3, 0.4) is 0 Å². The van der Waals surface area contributed by atoms with Gasteiger partial charge in [0.05, 0.1) is 6.07 Å². The van der Waals surface area contributed by atoms with E-state index in [-0.39, 0.29) is 5.56 Å². The fourth-order valence-corrected chi connectivity index (χ4v) is 1.85. The molecule has 0 saturated carbocycles. The Bertz CT molecular complexity index is 424. The van der Waals surface area contributed by atoms with Gasteiger partial charge in [-0.25, -0.2) is 8.42 Å². The smallest absolute Gasteiger partial charge is 0.253 e. The summed E-state index contributed by atoms with van der Waals surface area (Å²) in [6.07, 6.45) is 2.78. The summed E-state index contributed by atoms with van der Waals surface area (Å²) < 4.78 is 21.8. The molecule has 68 valence electrons. The first kappa shape index (κ1) is 9.96. The zero-order valence-corrected chi connectivity index (χ0v) is 7.96. The maximum Gasteiger partial charge on any atom is 0.253 e. The molecule has 0 N–H and O–H groups in total. The van der Waals surface area contributed by atoms with Crippen molar-refractivity contribution in [3.63, 3.8) is 0 Å². The van der Waals surface area contributed by atoms with E-state index >= 15 is 0 Å². The number of pyridine rings is 1. The molecule has 0 aliphatic carbocycles. The lowest BCUT2D eigenvalue weighted by molar-refractivity contribution is 0.605. The Morgan fingerprint density at radius 3 is 2.69 bits per heavy atom. The van der Waals surface area contributed by atoms with Gasteiger partial charge in [-0.2, -0.15) is 5.26 Å². The topological polar surface area (TPSA) is 70.8 Å². The van der Waals surface area contributed by atoms with Crippen LogP contribution in [0.2, 0.25) is 0 Å². The Labute approximate surface area is 80.2 Å². The minimum atomic E-state index is -3.90. The molecule has 0 saturated heterocycles. The number of nitrogens with zero attached hydrogens (tertiary/aromatic N) is 2. The first-order valence-corrected chi connectivity index (χ1v) is 5.66. The molecule has 1 unspecified atom stereocenters. The highest BCUT2D eigenvalue weighted by Gasteiger charge is 2.24. The molecule has 0 radical (unpaired) electrons. The lowest BCUT2D eigenvalue weighted by atomic mass is 10.2. The van der Waals surface area contributed by atoms with Gasteiger partial charge >= 0.3 is 0 Å². The van der Waals surface area contributed by atoms with Crippen LogP contribution in [0.25, 0.3) is 0 Å². The van der Waals surface area contributed by atoms with Crippen molar-refractivity contribution in [1.29, 1.82) is 5.26 Å². The first-order chi connectivity index (χ1) is 6.05. The molecule has 0 spiro atoms. The van der Waals surface area contributed by atoms with Crippen LogP contribution < -0.4 is 0 Å². The maximum absolute atomic E-state index is 10.9. The van der Waals surface area contributed by atoms with Crippen molar-refractivity contribution in [3.05, 3.63) is 30.1 Å². The van der Waals surface area contributed by atoms with E-state index in [1.54, 1.807) is 12.1 Å². The molecule has 0 bridgehead atoms. The molecule has 13 heavy (non-hydrogen) atoms. The van der Waals surface area contributed by atoms with Crippen molar-refractivity contribution >= 4 is 19.7 Å². The van der Waals surface area contributed by atoms with Crippen LogP contribution in [-0.2, 0) is 9.05 Å². The molecule has 1 rings (SSSR count). The second-order valence-electron chi connectivity index (χ2n) is 2.27. The predicted octanol–water partition coefficient (Wildman–Crippen LogP) is 1.21. The number of hydrogen-bond donors (Lipinski definition) is 0. The average Bonchev–Trinajstić information content (AvgIpc) is 2.05. The maximum atomic E-state index is 10.9. The summed E-state index contributed by atoms with van der Waals surface area (Å²) in [6.45, 7) is 0. The number of hydrogen-bond acceptors (Lipinski definition) is 4. The average molecular weight is 217 g/mol. The summed E-state index contributed by atoms with van der Waals surface area (Å²) in [5, 5.41) is 7.23. The van der Waals surface area contributed by atoms with E-state index in [0.717, 1.165) is 0 Å². The standard InChI is InChI=1S/C7H5ClN2O2S/c8-13(11,12)7(4-9)6-2-1-3-10-5-6/h1-3,5,7H. The quantitative estimate of drug-likeness (QED) is 0.697. The van der Waals surface area contributed by atoms with Crippen LogP contribution in [-0.4, -0.2) is 13.4 Å². The van der Waals surface area contributed by atoms with Gasteiger partial charge in [-0.3, -0.25) is 4.98 Å². The third kappa shape index (κ3) is 2.41. The minimum absolute atomic E-state index is 0.278. The normalized spacial score (nSPS) is 13.2. The molecule has 0 fully saturated rings. The lowest BCUT2D eigenvalue weighted by Crippen LogP contribution is -2.04.